The number of amidine groups is 1. The molecule has 0 aliphatic carbocycles. The summed E-state index contributed by atoms with van der Waals surface area (Å²) in [5, 5.41) is 2.77. The Bertz CT molecular complexity index is 1010. The number of hydrogen-bond donors (Lipinski definition) is 1. The van der Waals surface area contributed by atoms with Gasteiger partial charge in [-0.15, -0.1) is 0 Å². The largest absolute Gasteiger partial charge is 0.416 e. The number of carbonyl (C=O) groups is 2. The van der Waals surface area contributed by atoms with E-state index in [2.05, 4.69) is 10.3 Å². The molecule has 1 fully saturated rings. The zero-order valence-corrected chi connectivity index (χ0v) is 17.7. The van der Waals surface area contributed by atoms with Gasteiger partial charge in [0.2, 0.25) is 11.8 Å². The number of halogens is 5. The quantitative estimate of drug-likeness (QED) is 0.625. The van der Waals surface area contributed by atoms with Gasteiger partial charge in [-0.1, -0.05) is 41.0 Å². The summed E-state index contributed by atoms with van der Waals surface area (Å²) in [6.45, 7) is 0. The molecule has 3 rings (SSSR count). The third kappa shape index (κ3) is 5.47. The van der Waals surface area contributed by atoms with Crippen LogP contribution in [0.5, 0.6) is 0 Å². The first-order valence-corrected chi connectivity index (χ1v) is 10.1. The minimum atomic E-state index is -4.50. The molecule has 1 atom stereocenters. The van der Waals surface area contributed by atoms with Crippen LogP contribution >= 0.6 is 35.0 Å². The molecule has 2 amide bonds. The van der Waals surface area contributed by atoms with Crippen molar-refractivity contribution in [2.75, 3.05) is 12.4 Å². The van der Waals surface area contributed by atoms with Gasteiger partial charge in [-0.05, 0) is 36.4 Å². The minimum absolute atomic E-state index is 0.0608. The maximum absolute atomic E-state index is 12.9. The van der Waals surface area contributed by atoms with Crippen LogP contribution in [0, 0.1) is 0 Å². The Morgan fingerprint density at radius 2 is 1.87 bits per heavy atom. The number of nitrogens with zero attached hydrogens (tertiary/aromatic N) is 2. The summed E-state index contributed by atoms with van der Waals surface area (Å²) in [7, 11) is 1.45. The number of thioether (sulfide) groups is 1. The van der Waals surface area contributed by atoms with Crippen LogP contribution in [0.1, 0.15) is 12.0 Å². The Morgan fingerprint density at radius 3 is 2.50 bits per heavy atom. The fourth-order valence-electron chi connectivity index (χ4n) is 2.67. The standard InChI is InChI=1S/C19H14Cl2F3N3O2S/c1-27-17(29)15(9-16(28)25-14-7-11(20)6-12(21)8-14)30-18(27)26-13-4-2-3-10(5-13)19(22,23)24/h2-8,15H,9H2,1H3,(H,25,28). The van der Waals surface area contributed by atoms with Crippen molar-refractivity contribution in [1.29, 1.82) is 0 Å². The van der Waals surface area contributed by atoms with Crippen molar-refractivity contribution in [2.24, 2.45) is 4.99 Å². The van der Waals surface area contributed by atoms with Crippen molar-refractivity contribution in [3.8, 4) is 0 Å². The molecule has 0 spiro atoms. The topological polar surface area (TPSA) is 61.8 Å². The van der Waals surface area contributed by atoms with Crippen LogP contribution in [0.3, 0.4) is 0 Å². The molecule has 0 saturated carbocycles. The molecule has 5 nitrogen and oxygen atoms in total. The second-order valence-corrected chi connectivity index (χ2v) is 8.40. The van der Waals surface area contributed by atoms with Gasteiger partial charge in [0.1, 0.15) is 5.25 Å². The van der Waals surface area contributed by atoms with Gasteiger partial charge < -0.3 is 5.32 Å². The van der Waals surface area contributed by atoms with E-state index in [4.69, 9.17) is 23.2 Å². The monoisotopic (exact) mass is 475 g/mol. The zero-order chi connectivity index (χ0) is 22.1. The van der Waals surface area contributed by atoms with Crippen LogP contribution in [0.2, 0.25) is 10.0 Å². The Hall–Kier alpha value is -2.23. The third-order valence-electron chi connectivity index (χ3n) is 4.06. The molecule has 1 heterocycles. The van der Waals surface area contributed by atoms with Gasteiger partial charge in [-0.25, -0.2) is 4.99 Å². The molecule has 1 N–H and O–H groups in total. The van der Waals surface area contributed by atoms with E-state index < -0.39 is 22.9 Å². The highest BCUT2D eigenvalue weighted by molar-refractivity contribution is 8.15. The average molecular weight is 476 g/mol. The lowest BCUT2D eigenvalue weighted by Gasteiger charge is -2.10. The fourth-order valence-corrected chi connectivity index (χ4v) is 4.35. The van der Waals surface area contributed by atoms with Crippen LogP contribution < -0.4 is 5.32 Å². The normalized spacial score (nSPS) is 18.2. The first-order chi connectivity index (χ1) is 14.0. The van der Waals surface area contributed by atoms with Crippen molar-refractivity contribution in [3.63, 3.8) is 0 Å². The molecule has 158 valence electrons. The summed E-state index contributed by atoms with van der Waals surface area (Å²) in [5.74, 6) is -0.807. The maximum Gasteiger partial charge on any atom is 0.416 e. The van der Waals surface area contributed by atoms with E-state index in [1.807, 2.05) is 0 Å². The molecular formula is C19H14Cl2F3N3O2S. The van der Waals surface area contributed by atoms with E-state index in [-0.39, 0.29) is 23.2 Å². The first-order valence-electron chi connectivity index (χ1n) is 8.49. The minimum Gasteiger partial charge on any atom is -0.326 e. The number of benzene rings is 2. The van der Waals surface area contributed by atoms with Gasteiger partial charge in [0.15, 0.2) is 5.17 Å². The second kappa shape index (κ2) is 8.87. The van der Waals surface area contributed by atoms with E-state index in [0.29, 0.717) is 15.7 Å². The third-order valence-corrected chi connectivity index (χ3v) is 5.72. The second-order valence-electron chi connectivity index (χ2n) is 6.36. The van der Waals surface area contributed by atoms with Gasteiger partial charge >= 0.3 is 6.18 Å². The fraction of sp³-hybridized carbons (Fsp3) is 0.211. The van der Waals surface area contributed by atoms with Crippen molar-refractivity contribution >= 4 is 63.3 Å². The van der Waals surface area contributed by atoms with Gasteiger partial charge in [0, 0.05) is 29.2 Å². The summed E-state index contributed by atoms with van der Waals surface area (Å²) >= 11 is 12.8. The van der Waals surface area contributed by atoms with E-state index in [1.54, 1.807) is 0 Å². The lowest BCUT2D eigenvalue weighted by Crippen LogP contribution is -2.30. The molecule has 2 aromatic rings. The number of aliphatic imine (C=N–C) groups is 1. The Morgan fingerprint density at radius 1 is 1.20 bits per heavy atom. The highest BCUT2D eigenvalue weighted by atomic mass is 35.5. The van der Waals surface area contributed by atoms with Crippen molar-refractivity contribution in [2.45, 2.75) is 17.8 Å². The van der Waals surface area contributed by atoms with Crippen LogP contribution in [0.15, 0.2) is 47.5 Å². The van der Waals surface area contributed by atoms with Gasteiger partial charge in [0.05, 0.1) is 11.3 Å². The highest BCUT2D eigenvalue weighted by Gasteiger charge is 2.37. The van der Waals surface area contributed by atoms with E-state index in [1.165, 1.54) is 42.3 Å². The van der Waals surface area contributed by atoms with Crippen molar-refractivity contribution in [1.82, 2.24) is 4.90 Å². The van der Waals surface area contributed by atoms with Crippen LogP contribution in [-0.4, -0.2) is 34.2 Å². The Labute approximate surface area is 184 Å². The number of alkyl halides is 3. The van der Waals surface area contributed by atoms with Gasteiger partial charge in [0.25, 0.3) is 0 Å². The van der Waals surface area contributed by atoms with Gasteiger partial charge in [-0.2, -0.15) is 13.2 Å². The smallest absolute Gasteiger partial charge is 0.326 e. The molecule has 1 unspecified atom stereocenters. The molecule has 30 heavy (non-hydrogen) atoms. The predicted molar refractivity (Wildman–Crippen MR) is 112 cm³/mol. The molecule has 1 saturated heterocycles. The molecule has 0 bridgehead atoms. The SMILES string of the molecule is CN1C(=O)C(CC(=O)Nc2cc(Cl)cc(Cl)c2)SC1=Nc1cccc(C(F)(F)F)c1. The molecule has 11 heteroatoms. The number of anilines is 1. The molecule has 2 aromatic carbocycles. The van der Waals surface area contributed by atoms with Crippen LogP contribution in [0.25, 0.3) is 0 Å². The predicted octanol–water partition coefficient (Wildman–Crippen LogP) is 5.60. The molecule has 1 aliphatic heterocycles. The maximum atomic E-state index is 12.9. The highest BCUT2D eigenvalue weighted by Crippen LogP contribution is 2.34. The number of hydrogen-bond acceptors (Lipinski definition) is 4. The van der Waals surface area contributed by atoms with Crippen LogP contribution in [-0.2, 0) is 15.8 Å². The molecule has 0 aromatic heterocycles. The summed E-state index contributed by atoms with van der Waals surface area (Å²) in [4.78, 5) is 30.1. The lowest BCUT2D eigenvalue weighted by molar-refractivity contribution is -0.137. The Balaban J connectivity index is 1.71. The summed E-state index contributed by atoms with van der Waals surface area (Å²) in [6, 6.07) is 9.03. The van der Waals surface area contributed by atoms with E-state index >= 15 is 0 Å². The van der Waals surface area contributed by atoms with Crippen molar-refractivity contribution in [3.05, 3.63) is 58.1 Å². The molecule has 0 radical (unpaired) electrons. The van der Waals surface area contributed by atoms with Crippen LogP contribution in [0.4, 0.5) is 24.5 Å². The van der Waals surface area contributed by atoms with E-state index in [9.17, 15) is 22.8 Å². The number of nitrogens with one attached hydrogen (secondary N) is 1. The average Bonchev–Trinajstić information content (AvgIpc) is 2.88. The number of amides is 2. The zero-order valence-electron chi connectivity index (χ0n) is 15.3. The molecule has 1 aliphatic rings. The summed E-state index contributed by atoms with van der Waals surface area (Å²) < 4.78 is 38.6. The summed E-state index contributed by atoms with van der Waals surface area (Å²) in [6.07, 6.45) is -4.65. The molecular weight excluding hydrogens is 462 g/mol. The first kappa shape index (κ1) is 22.5. The Kier molecular flexibility index (Phi) is 6.64. The number of carbonyl (C=O) groups excluding carboxylic acids is 2. The summed E-state index contributed by atoms with van der Waals surface area (Å²) in [5.41, 5.74) is -0.387. The van der Waals surface area contributed by atoms with E-state index in [0.717, 1.165) is 23.9 Å². The number of rotatable bonds is 4. The lowest BCUT2D eigenvalue weighted by atomic mass is 10.2. The van der Waals surface area contributed by atoms with Gasteiger partial charge in [-0.3, -0.25) is 14.5 Å². The van der Waals surface area contributed by atoms with Crippen molar-refractivity contribution < 1.29 is 22.8 Å².